The molecule has 0 spiro atoms. The maximum absolute atomic E-state index is 11.8. The number of fused-ring (bicyclic) bond motifs is 7. The molecular formula is C34H56O11. The number of rotatable bonds is 4. The van der Waals surface area contributed by atoms with Crippen molar-refractivity contribution in [1.82, 2.24) is 0 Å². The Bertz CT molecular complexity index is 1080. The van der Waals surface area contributed by atoms with Crippen LogP contribution in [0, 0.1) is 46.3 Å². The second-order valence-corrected chi connectivity index (χ2v) is 16.5. The van der Waals surface area contributed by atoms with E-state index in [-0.39, 0.29) is 42.0 Å². The maximum atomic E-state index is 11.8. The standard InChI is InChI=1S/C34H56O11/c1-15-5-6-21(42-14-15)29-16(2)25-22(43-29)11-19-17-7-10-34(45-31-28(40)27(39)26(38)23(13-35)44-31)30(41)20(36)12-24(37)33(34,4)18(17)8-9-32(19,25)3/h15-31,35-41H,5-14H2,1-4H3/t15?,16-,17?,18?,19?,20-,21?,22?,23+,24+,25?,26+,27-,28+,29?,30-,31-,32-,33-,34-/m0/s1. The van der Waals surface area contributed by atoms with Gasteiger partial charge in [-0.25, -0.2) is 0 Å². The van der Waals surface area contributed by atoms with E-state index in [1.807, 2.05) is 6.92 Å². The SMILES string of the molecule is CC1CCC(C2OC3CC4C5CC[C@]6(O[C@@H]7O[C@H](CO)[C@@H](O)[C@H](O)[C@H]7O)[C@@H](O)[C@@H](O)C[C@@H](O)[C@]6(C)C5CC[C@]4(C)C3[C@@H]2C)OC1. The average Bonchev–Trinajstić information content (AvgIpc) is 3.51. The van der Waals surface area contributed by atoms with Gasteiger partial charge in [-0.3, -0.25) is 0 Å². The summed E-state index contributed by atoms with van der Waals surface area (Å²) in [5.41, 5.74) is -2.44. The third kappa shape index (κ3) is 4.62. The van der Waals surface area contributed by atoms with Crippen LogP contribution in [0.3, 0.4) is 0 Å². The third-order valence-corrected chi connectivity index (χ3v) is 14.6. The van der Waals surface area contributed by atoms with Gasteiger partial charge in [-0.1, -0.05) is 27.7 Å². The van der Waals surface area contributed by atoms with Crippen molar-refractivity contribution in [2.75, 3.05) is 13.2 Å². The lowest BCUT2D eigenvalue weighted by atomic mass is 9.41. The predicted octanol–water partition coefficient (Wildman–Crippen LogP) is 0.715. The zero-order valence-electron chi connectivity index (χ0n) is 27.1. The lowest BCUT2D eigenvalue weighted by molar-refractivity contribution is -0.389. The Morgan fingerprint density at radius 1 is 0.800 bits per heavy atom. The van der Waals surface area contributed by atoms with Crippen LogP contribution < -0.4 is 0 Å². The van der Waals surface area contributed by atoms with E-state index in [4.69, 9.17) is 18.9 Å². The summed E-state index contributed by atoms with van der Waals surface area (Å²) in [6.45, 7) is 9.16. The minimum Gasteiger partial charge on any atom is -0.394 e. The van der Waals surface area contributed by atoms with Crippen LogP contribution in [-0.2, 0) is 18.9 Å². The summed E-state index contributed by atoms with van der Waals surface area (Å²) in [6, 6.07) is 0. The summed E-state index contributed by atoms with van der Waals surface area (Å²) in [4.78, 5) is 0. The molecule has 8 unspecified atom stereocenters. The molecule has 11 heteroatoms. The molecule has 0 aromatic rings. The highest BCUT2D eigenvalue weighted by Crippen LogP contribution is 2.71. The molecule has 3 saturated heterocycles. The Morgan fingerprint density at radius 2 is 1.56 bits per heavy atom. The van der Waals surface area contributed by atoms with Crippen LogP contribution in [0.5, 0.6) is 0 Å². The van der Waals surface area contributed by atoms with Crippen molar-refractivity contribution in [3.8, 4) is 0 Å². The van der Waals surface area contributed by atoms with Crippen LogP contribution in [0.25, 0.3) is 0 Å². The zero-order chi connectivity index (χ0) is 32.2. The molecule has 7 rings (SSSR count). The summed E-state index contributed by atoms with van der Waals surface area (Å²) in [5, 5.41) is 76.1. The van der Waals surface area contributed by atoms with E-state index in [1.165, 1.54) is 6.42 Å². The molecule has 3 aliphatic heterocycles. The molecule has 20 atom stereocenters. The quantitative estimate of drug-likeness (QED) is 0.215. The molecule has 3 heterocycles. The van der Waals surface area contributed by atoms with Gasteiger partial charge in [0.1, 0.15) is 36.1 Å². The van der Waals surface area contributed by atoms with E-state index < -0.39 is 66.6 Å². The van der Waals surface area contributed by atoms with Gasteiger partial charge in [-0.05, 0) is 85.9 Å². The van der Waals surface area contributed by atoms with Crippen molar-refractivity contribution >= 4 is 0 Å². The highest BCUT2D eigenvalue weighted by Gasteiger charge is 2.73. The van der Waals surface area contributed by atoms with Gasteiger partial charge in [-0.15, -0.1) is 0 Å². The van der Waals surface area contributed by atoms with E-state index in [1.54, 1.807) is 0 Å². The number of hydrogen-bond donors (Lipinski definition) is 7. The van der Waals surface area contributed by atoms with Crippen LogP contribution in [0.2, 0.25) is 0 Å². The Balaban J connectivity index is 1.17. The highest BCUT2D eigenvalue weighted by atomic mass is 16.7. The van der Waals surface area contributed by atoms with Crippen LogP contribution in [0.4, 0.5) is 0 Å². The molecule has 0 aromatic heterocycles. The lowest BCUT2D eigenvalue weighted by Crippen LogP contribution is -2.76. The average molecular weight is 641 g/mol. The first-order valence-electron chi connectivity index (χ1n) is 17.6. The molecule has 4 saturated carbocycles. The number of aliphatic hydroxyl groups excluding tert-OH is 7. The van der Waals surface area contributed by atoms with Gasteiger partial charge in [-0.2, -0.15) is 0 Å². The van der Waals surface area contributed by atoms with Gasteiger partial charge in [0.25, 0.3) is 0 Å². The van der Waals surface area contributed by atoms with Crippen molar-refractivity contribution < 1.29 is 54.7 Å². The first-order valence-corrected chi connectivity index (χ1v) is 17.6. The summed E-state index contributed by atoms with van der Waals surface area (Å²) < 4.78 is 25.5. The number of hydrogen-bond acceptors (Lipinski definition) is 11. The van der Waals surface area contributed by atoms with E-state index >= 15 is 0 Å². The molecule has 45 heavy (non-hydrogen) atoms. The number of aliphatic hydroxyl groups is 7. The Morgan fingerprint density at radius 3 is 2.24 bits per heavy atom. The van der Waals surface area contributed by atoms with Gasteiger partial charge in [0.15, 0.2) is 6.29 Å². The second-order valence-electron chi connectivity index (χ2n) is 16.5. The molecule has 258 valence electrons. The maximum Gasteiger partial charge on any atom is 0.187 e. The molecule has 0 amide bonds. The van der Waals surface area contributed by atoms with Gasteiger partial charge in [0, 0.05) is 18.4 Å². The van der Waals surface area contributed by atoms with E-state index in [2.05, 4.69) is 20.8 Å². The van der Waals surface area contributed by atoms with Crippen molar-refractivity contribution in [3.05, 3.63) is 0 Å². The van der Waals surface area contributed by atoms with Crippen LogP contribution >= 0.6 is 0 Å². The molecule has 0 aromatic carbocycles. The van der Waals surface area contributed by atoms with Crippen molar-refractivity contribution in [1.29, 1.82) is 0 Å². The van der Waals surface area contributed by atoms with Gasteiger partial charge >= 0.3 is 0 Å². The minimum absolute atomic E-state index is 0.00427. The largest absolute Gasteiger partial charge is 0.394 e. The normalized spacial score (nSPS) is 61.3. The second kappa shape index (κ2) is 11.6. The van der Waals surface area contributed by atoms with E-state index in [0.717, 1.165) is 32.3 Å². The monoisotopic (exact) mass is 640 g/mol. The fourth-order valence-corrected chi connectivity index (χ4v) is 12.2. The summed E-state index contributed by atoms with van der Waals surface area (Å²) in [7, 11) is 0. The first kappa shape index (κ1) is 33.1. The van der Waals surface area contributed by atoms with E-state index in [9.17, 15) is 35.7 Å². The summed E-state index contributed by atoms with van der Waals surface area (Å²) in [5.74, 6) is 1.95. The minimum atomic E-state index is -1.66. The fraction of sp³-hybridized carbons (Fsp3) is 1.00. The van der Waals surface area contributed by atoms with Crippen molar-refractivity contribution in [2.24, 2.45) is 46.3 Å². The van der Waals surface area contributed by atoms with Crippen molar-refractivity contribution in [2.45, 2.75) is 152 Å². The molecule has 7 N–H and O–H groups in total. The summed E-state index contributed by atoms with van der Waals surface area (Å²) in [6.07, 6.45) is -4.80. The topological polar surface area (TPSA) is 179 Å². The number of ether oxygens (including phenoxy) is 4. The van der Waals surface area contributed by atoms with Gasteiger partial charge in [0.05, 0.1) is 37.1 Å². The zero-order valence-corrected chi connectivity index (χ0v) is 27.1. The molecule has 7 aliphatic rings. The fourth-order valence-electron chi connectivity index (χ4n) is 12.2. The molecule has 4 aliphatic carbocycles. The van der Waals surface area contributed by atoms with E-state index in [0.29, 0.717) is 36.5 Å². The van der Waals surface area contributed by atoms with Gasteiger partial charge in [0.2, 0.25) is 0 Å². The van der Waals surface area contributed by atoms with Crippen LogP contribution in [0.1, 0.15) is 79.1 Å². The lowest BCUT2D eigenvalue weighted by Gasteiger charge is -2.68. The Labute approximate surface area is 266 Å². The predicted molar refractivity (Wildman–Crippen MR) is 159 cm³/mol. The van der Waals surface area contributed by atoms with Crippen molar-refractivity contribution in [3.63, 3.8) is 0 Å². The molecule has 0 radical (unpaired) electrons. The molecular weight excluding hydrogens is 584 g/mol. The molecule has 11 nitrogen and oxygen atoms in total. The highest BCUT2D eigenvalue weighted by molar-refractivity contribution is 5.22. The molecule has 0 bridgehead atoms. The molecule has 7 fully saturated rings. The van der Waals surface area contributed by atoms with Crippen LogP contribution in [0.15, 0.2) is 0 Å². The smallest absolute Gasteiger partial charge is 0.187 e. The van der Waals surface area contributed by atoms with Crippen LogP contribution in [-0.4, -0.2) is 122 Å². The first-order chi connectivity index (χ1) is 21.3. The Kier molecular flexibility index (Phi) is 8.51. The Hall–Kier alpha value is -0.440. The summed E-state index contributed by atoms with van der Waals surface area (Å²) >= 11 is 0. The third-order valence-electron chi connectivity index (χ3n) is 14.6. The van der Waals surface area contributed by atoms with Gasteiger partial charge < -0.3 is 54.7 Å².